The molecule has 2 N–H and O–H groups in total. The van der Waals surface area contributed by atoms with Gasteiger partial charge in [0.25, 0.3) is 0 Å². The van der Waals surface area contributed by atoms with Gasteiger partial charge in [0.1, 0.15) is 5.75 Å². The van der Waals surface area contributed by atoms with E-state index in [0.29, 0.717) is 12.0 Å². The maximum Gasteiger partial charge on any atom is 0.119 e. The van der Waals surface area contributed by atoms with E-state index in [4.69, 9.17) is 10.5 Å². The van der Waals surface area contributed by atoms with Crippen LogP contribution in [0.15, 0.2) is 24.3 Å². The zero-order chi connectivity index (χ0) is 15.5. The van der Waals surface area contributed by atoms with E-state index in [0.717, 1.165) is 37.2 Å². The molecule has 3 rings (SSSR count). The van der Waals surface area contributed by atoms with Crippen molar-refractivity contribution in [1.29, 1.82) is 0 Å². The van der Waals surface area contributed by atoms with Gasteiger partial charge in [-0.2, -0.15) is 0 Å². The first-order valence-corrected chi connectivity index (χ1v) is 8.84. The highest BCUT2D eigenvalue weighted by atomic mass is 16.5. The number of nitrogens with zero attached hydrogens (tertiary/aromatic N) is 1. The van der Waals surface area contributed by atoms with Crippen LogP contribution in [0.1, 0.15) is 50.5 Å². The van der Waals surface area contributed by atoms with Gasteiger partial charge in [-0.25, -0.2) is 0 Å². The van der Waals surface area contributed by atoms with Crippen molar-refractivity contribution in [3.05, 3.63) is 29.8 Å². The molecule has 22 heavy (non-hydrogen) atoms. The topological polar surface area (TPSA) is 38.5 Å². The van der Waals surface area contributed by atoms with Crippen molar-refractivity contribution in [1.82, 2.24) is 4.90 Å². The summed E-state index contributed by atoms with van der Waals surface area (Å²) in [6.45, 7) is 4.55. The van der Waals surface area contributed by atoms with E-state index in [1.807, 2.05) is 6.07 Å². The molecule has 1 aliphatic heterocycles. The number of rotatable bonds is 5. The summed E-state index contributed by atoms with van der Waals surface area (Å²) in [5, 5.41) is 0. The summed E-state index contributed by atoms with van der Waals surface area (Å²) >= 11 is 0. The first-order chi connectivity index (χ1) is 10.7. The van der Waals surface area contributed by atoms with E-state index in [1.165, 1.54) is 31.2 Å². The van der Waals surface area contributed by atoms with E-state index in [-0.39, 0.29) is 0 Å². The first kappa shape index (κ1) is 15.8. The lowest BCUT2D eigenvalue weighted by atomic mass is 9.76. The molecule has 1 aromatic rings. The molecule has 122 valence electrons. The second-order valence-electron chi connectivity index (χ2n) is 7.09. The van der Waals surface area contributed by atoms with Crippen LogP contribution in [0.25, 0.3) is 0 Å². The number of methoxy groups -OCH3 is 1. The van der Waals surface area contributed by atoms with Crippen LogP contribution >= 0.6 is 0 Å². The fraction of sp³-hybridized carbons (Fsp3) is 0.684. The maximum absolute atomic E-state index is 6.40. The summed E-state index contributed by atoms with van der Waals surface area (Å²) in [6.07, 6.45) is 6.58. The average molecular weight is 302 g/mol. The summed E-state index contributed by atoms with van der Waals surface area (Å²) in [6, 6.07) is 9.56. The Hall–Kier alpha value is -1.06. The molecule has 0 radical (unpaired) electrons. The molecular weight excluding hydrogens is 272 g/mol. The minimum Gasteiger partial charge on any atom is -0.497 e. The summed E-state index contributed by atoms with van der Waals surface area (Å²) in [5.41, 5.74) is 7.78. The number of likely N-dealkylation sites (tertiary alicyclic amines) is 1. The SMILES string of the molecule is CCC(C1CCC1)N1CC(N)CC(c2cccc(OC)c2)C1. The molecule has 3 nitrogen and oxygen atoms in total. The van der Waals surface area contributed by atoms with Crippen LogP contribution in [-0.2, 0) is 0 Å². The third-order valence-corrected chi connectivity index (χ3v) is 5.66. The molecule has 0 spiro atoms. The van der Waals surface area contributed by atoms with E-state index >= 15 is 0 Å². The van der Waals surface area contributed by atoms with Gasteiger partial charge in [-0.3, -0.25) is 4.90 Å². The molecule has 2 fully saturated rings. The Balaban J connectivity index is 1.74. The van der Waals surface area contributed by atoms with Gasteiger partial charge < -0.3 is 10.5 Å². The molecule has 0 aromatic heterocycles. The minimum absolute atomic E-state index is 0.291. The smallest absolute Gasteiger partial charge is 0.119 e. The van der Waals surface area contributed by atoms with Crippen LogP contribution in [0.3, 0.4) is 0 Å². The van der Waals surface area contributed by atoms with E-state index in [9.17, 15) is 0 Å². The summed E-state index contributed by atoms with van der Waals surface area (Å²) in [4.78, 5) is 2.68. The van der Waals surface area contributed by atoms with Crippen LogP contribution in [0, 0.1) is 5.92 Å². The Morgan fingerprint density at radius 1 is 1.32 bits per heavy atom. The molecule has 3 heteroatoms. The Kier molecular flexibility index (Phi) is 5.04. The Morgan fingerprint density at radius 3 is 2.77 bits per heavy atom. The fourth-order valence-electron chi connectivity index (χ4n) is 4.30. The summed E-state index contributed by atoms with van der Waals surface area (Å²) < 4.78 is 5.39. The van der Waals surface area contributed by atoms with Crippen molar-refractivity contribution >= 4 is 0 Å². The van der Waals surface area contributed by atoms with Crippen molar-refractivity contribution in [2.45, 2.75) is 57.0 Å². The predicted octanol–water partition coefficient (Wildman–Crippen LogP) is 3.39. The van der Waals surface area contributed by atoms with E-state index in [1.54, 1.807) is 7.11 Å². The number of hydrogen-bond acceptors (Lipinski definition) is 3. The van der Waals surface area contributed by atoms with E-state index < -0.39 is 0 Å². The van der Waals surface area contributed by atoms with Crippen molar-refractivity contribution in [2.24, 2.45) is 11.7 Å². The lowest BCUT2D eigenvalue weighted by Gasteiger charge is -2.46. The Morgan fingerprint density at radius 2 is 2.14 bits per heavy atom. The van der Waals surface area contributed by atoms with Gasteiger partial charge in [-0.1, -0.05) is 25.5 Å². The van der Waals surface area contributed by atoms with Gasteiger partial charge >= 0.3 is 0 Å². The normalized spacial score (nSPS) is 28.1. The first-order valence-electron chi connectivity index (χ1n) is 8.84. The Bertz CT molecular complexity index is 486. The number of ether oxygens (including phenoxy) is 1. The number of nitrogens with two attached hydrogens (primary N) is 1. The van der Waals surface area contributed by atoms with Crippen molar-refractivity contribution in [2.75, 3.05) is 20.2 Å². The molecule has 1 saturated carbocycles. The summed E-state index contributed by atoms with van der Waals surface area (Å²) in [7, 11) is 1.74. The largest absolute Gasteiger partial charge is 0.497 e. The van der Waals surface area contributed by atoms with Gasteiger partial charge in [0.15, 0.2) is 0 Å². The van der Waals surface area contributed by atoms with Crippen molar-refractivity contribution in [3.8, 4) is 5.75 Å². The average Bonchev–Trinajstić information content (AvgIpc) is 2.50. The predicted molar refractivity (Wildman–Crippen MR) is 91.3 cm³/mol. The van der Waals surface area contributed by atoms with Crippen LogP contribution in [0.4, 0.5) is 0 Å². The van der Waals surface area contributed by atoms with Crippen LogP contribution in [0.5, 0.6) is 5.75 Å². The molecule has 1 aromatic carbocycles. The molecule has 0 bridgehead atoms. The molecule has 0 amide bonds. The molecular formula is C19H30N2O. The third kappa shape index (κ3) is 3.31. The number of hydrogen-bond donors (Lipinski definition) is 1. The van der Waals surface area contributed by atoms with Crippen molar-refractivity contribution in [3.63, 3.8) is 0 Å². The highest BCUT2D eigenvalue weighted by molar-refractivity contribution is 5.31. The molecule has 1 aliphatic carbocycles. The number of benzene rings is 1. The highest BCUT2D eigenvalue weighted by Crippen LogP contribution is 2.37. The zero-order valence-corrected chi connectivity index (χ0v) is 14.0. The highest BCUT2D eigenvalue weighted by Gasteiger charge is 2.35. The maximum atomic E-state index is 6.40. The fourth-order valence-corrected chi connectivity index (χ4v) is 4.30. The standard InChI is InChI=1S/C19H30N2O/c1-3-19(14-6-4-7-14)21-12-16(10-17(20)13-21)15-8-5-9-18(11-15)22-2/h5,8-9,11,14,16-17,19H,3-4,6-7,10,12-13,20H2,1-2H3. The van der Waals surface area contributed by atoms with Gasteiger partial charge in [0.05, 0.1) is 7.11 Å². The Labute approximate surface area is 134 Å². The second-order valence-corrected chi connectivity index (χ2v) is 7.09. The van der Waals surface area contributed by atoms with Crippen molar-refractivity contribution < 1.29 is 4.74 Å². The molecule has 3 atom stereocenters. The lowest BCUT2D eigenvalue weighted by molar-refractivity contribution is 0.0605. The minimum atomic E-state index is 0.291. The molecule has 1 saturated heterocycles. The molecule has 2 aliphatic rings. The van der Waals surface area contributed by atoms with Gasteiger partial charge in [-0.05, 0) is 55.2 Å². The third-order valence-electron chi connectivity index (χ3n) is 5.66. The number of piperidine rings is 1. The monoisotopic (exact) mass is 302 g/mol. The van der Waals surface area contributed by atoms with Gasteiger partial charge in [0, 0.05) is 25.2 Å². The van der Waals surface area contributed by atoms with Gasteiger partial charge in [-0.15, -0.1) is 0 Å². The van der Waals surface area contributed by atoms with Crippen LogP contribution < -0.4 is 10.5 Å². The summed E-state index contributed by atoms with van der Waals surface area (Å²) in [5.74, 6) is 2.39. The van der Waals surface area contributed by atoms with Gasteiger partial charge in [0.2, 0.25) is 0 Å². The lowest BCUT2D eigenvalue weighted by Crippen LogP contribution is -2.53. The van der Waals surface area contributed by atoms with Crippen LogP contribution in [0.2, 0.25) is 0 Å². The molecule has 1 heterocycles. The second kappa shape index (κ2) is 7.01. The molecule has 3 unspecified atom stereocenters. The van der Waals surface area contributed by atoms with E-state index in [2.05, 4.69) is 30.0 Å². The van der Waals surface area contributed by atoms with Crippen LogP contribution in [-0.4, -0.2) is 37.2 Å². The zero-order valence-electron chi connectivity index (χ0n) is 14.0. The quantitative estimate of drug-likeness (QED) is 0.906.